The Bertz CT molecular complexity index is 868. The molecule has 0 saturated heterocycles. The van der Waals surface area contributed by atoms with Crippen LogP contribution in [0, 0.1) is 6.92 Å². The third-order valence-corrected chi connectivity index (χ3v) is 4.27. The Morgan fingerprint density at radius 3 is 2.58 bits per heavy atom. The lowest BCUT2D eigenvalue weighted by Gasteiger charge is -2.09. The average molecular weight is 383 g/mol. The predicted molar refractivity (Wildman–Crippen MR) is 99.0 cm³/mol. The Morgan fingerprint density at radius 2 is 1.83 bits per heavy atom. The molecule has 0 aliphatic carbocycles. The van der Waals surface area contributed by atoms with Crippen molar-refractivity contribution in [2.24, 2.45) is 0 Å². The summed E-state index contributed by atoms with van der Waals surface area (Å²) in [4.78, 5) is 20.6. The normalized spacial score (nSPS) is 10.2. The van der Waals surface area contributed by atoms with Gasteiger partial charge in [0.05, 0.1) is 5.69 Å². The number of nitrogens with one attached hydrogen (secondary N) is 2. The summed E-state index contributed by atoms with van der Waals surface area (Å²) in [6, 6.07) is 14.5. The Morgan fingerprint density at radius 1 is 1.04 bits per heavy atom. The molecule has 0 atom stereocenters. The summed E-state index contributed by atoms with van der Waals surface area (Å²) >= 11 is 3.44. The lowest BCUT2D eigenvalue weighted by Crippen LogP contribution is -2.20. The molecule has 0 fully saturated rings. The van der Waals surface area contributed by atoms with Crippen LogP contribution < -0.4 is 10.6 Å². The van der Waals surface area contributed by atoms with E-state index in [1.165, 1.54) is 0 Å². The number of urea groups is 1. The summed E-state index contributed by atoms with van der Waals surface area (Å²) < 4.78 is 1.00. The van der Waals surface area contributed by atoms with Crippen molar-refractivity contribution >= 4 is 33.5 Å². The largest absolute Gasteiger partial charge is 0.324 e. The molecule has 0 unspecified atom stereocenters. The summed E-state index contributed by atoms with van der Waals surface area (Å²) in [5.74, 6) is 0.482. The first-order chi connectivity index (χ1) is 11.6. The molecule has 6 heteroatoms. The summed E-state index contributed by atoms with van der Waals surface area (Å²) in [7, 11) is 0. The third-order valence-electron chi connectivity index (χ3n) is 3.38. The van der Waals surface area contributed by atoms with Gasteiger partial charge in [0, 0.05) is 28.1 Å². The molecule has 0 saturated carbocycles. The van der Waals surface area contributed by atoms with E-state index in [-0.39, 0.29) is 6.03 Å². The van der Waals surface area contributed by atoms with E-state index in [1.54, 1.807) is 18.5 Å². The smallest absolute Gasteiger partial charge is 0.308 e. The minimum Gasteiger partial charge on any atom is -0.308 e. The van der Waals surface area contributed by atoms with E-state index in [1.807, 2.05) is 49.4 Å². The van der Waals surface area contributed by atoms with Gasteiger partial charge in [0.25, 0.3) is 0 Å². The van der Waals surface area contributed by atoms with E-state index >= 15 is 0 Å². The first-order valence-corrected chi connectivity index (χ1v) is 8.13. The second-order valence-electron chi connectivity index (χ2n) is 5.19. The van der Waals surface area contributed by atoms with Gasteiger partial charge in [-0.2, -0.15) is 0 Å². The predicted octanol–water partition coefficient (Wildman–Crippen LogP) is 4.86. The fourth-order valence-corrected chi connectivity index (χ4v) is 2.44. The molecule has 0 radical (unpaired) electrons. The van der Waals surface area contributed by atoms with Gasteiger partial charge in [0.15, 0.2) is 0 Å². The SMILES string of the molecule is Cc1cc(NC(=O)Nc2cccc(-c3ccncc3)n2)ccc1Br. The number of aryl methyl sites for hydroxylation is 1. The number of halogens is 1. The summed E-state index contributed by atoms with van der Waals surface area (Å²) in [6.45, 7) is 1.97. The Labute approximate surface area is 148 Å². The van der Waals surface area contributed by atoms with E-state index in [0.717, 1.165) is 27.0 Å². The van der Waals surface area contributed by atoms with Crippen molar-refractivity contribution in [1.82, 2.24) is 9.97 Å². The van der Waals surface area contributed by atoms with Crippen molar-refractivity contribution in [3.8, 4) is 11.3 Å². The van der Waals surface area contributed by atoms with Gasteiger partial charge in [0.2, 0.25) is 0 Å². The van der Waals surface area contributed by atoms with Crippen LogP contribution in [0.1, 0.15) is 5.56 Å². The van der Waals surface area contributed by atoms with Gasteiger partial charge in [-0.25, -0.2) is 9.78 Å². The fraction of sp³-hybridized carbons (Fsp3) is 0.0556. The minimum atomic E-state index is -0.337. The van der Waals surface area contributed by atoms with Gasteiger partial charge in [-0.3, -0.25) is 10.3 Å². The highest BCUT2D eigenvalue weighted by Crippen LogP contribution is 2.21. The van der Waals surface area contributed by atoms with Crippen LogP contribution in [0.15, 0.2) is 65.4 Å². The number of hydrogen-bond acceptors (Lipinski definition) is 3. The maximum atomic E-state index is 12.1. The van der Waals surface area contributed by atoms with Gasteiger partial charge in [-0.05, 0) is 55.0 Å². The van der Waals surface area contributed by atoms with Crippen LogP contribution in [0.4, 0.5) is 16.3 Å². The lowest BCUT2D eigenvalue weighted by atomic mass is 10.2. The number of anilines is 2. The molecular formula is C18H15BrN4O. The first-order valence-electron chi connectivity index (χ1n) is 7.33. The zero-order chi connectivity index (χ0) is 16.9. The van der Waals surface area contributed by atoms with Crippen LogP contribution in [0.5, 0.6) is 0 Å². The molecule has 2 heterocycles. The van der Waals surface area contributed by atoms with Crippen molar-refractivity contribution in [3.63, 3.8) is 0 Å². The molecular weight excluding hydrogens is 368 g/mol. The molecule has 5 nitrogen and oxygen atoms in total. The third kappa shape index (κ3) is 3.97. The average Bonchev–Trinajstić information content (AvgIpc) is 2.59. The second kappa shape index (κ2) is 7.23. The molecule has 0 bridgehead atoms. The van der Waals surface area contributed by atoms with Gasteiger partial charge in [-0.1, -0.05) is 22.0 Å². The number of hydrogen-bond donors (Lipinski definition) is 2. The van der Waals surface area contributed by atoms with Crippen molar-refractivity contribution in [2.45, 2.75) is 6.92 Å². The number of amides is 2. The van der Waals surface area contributed by atoms with Gasteiger partial charge in [-0.15, -0.1) is 0 Å². The molecule has 0 aliphatic rings. The van der Waals surface area contributed by atoms with Crippen LogP contribution in [0.3, 0.4) is 0 Å². The highest BCUT2D eigenvalue weighted by molar-refractivity contribution is 9.10. The molecule has 24 heavy (non-hydrogen) atoms. The van der Waals surface area contributed by atoms with E-state index in [4.69, 9.17) is 0 Å². The number of aromatic nitrogens is 2. The second-order valence-corrected chi connectivity index (χ2v) is 6.04. The monoisotopic (exact) mass is 382 g/mol. The number of nitrogens with zero attached hydrogens (tertiary/aromatic N) is 2. The van der Waals surface area contributed by atoms with Crippen LogP contribution in [0.25, 0.3) is 11.3 Å². The van der Waals surface area contributed by atoms with Crippen LogP contribution in [-0.2, 0) is 0 Å². The topological polar surface area (TPSA) is 66.9 Å². The lowest BCUT2D eigenvalue weighted by molar-refractivity contribution is 0.262. The van der Waals surface area contributed by atoms with Gasteiger partial charge >= 0.3 is 6.03 Å². The molecule has 2 amide bonds. The highest BCUT2D eigenvalue weighted by atomic mass is 79.9. The van der Waals surface area contributed by atoms with E-state index in [9.17, 15) is 4.79 Å². The van der Waals surface area contributed by atoms with Crippen LogP contribution in [-0.4, -0.2) is 16.0 Å². The maximum absolute atomic E-state index is 12.1. The van der Waals surface area contributed by atoms with Gasteiger partial charge < -0.3 is 5.32 Å². The minimum absolute atomic E-state index is 0.337. The number of carbonyl (C=O) groups is 1. The summed E-state index contributed by atoms with van der Waals surface area (Å²) in [5, 5.41) is 5.54. The van der Waals surface area contributed by atoms with Gasteiger partial charge in [0.1, 0.15) is 5.82 Å². The van der Waals surface area contributed by atoms with Crippen LogP contribution in [0.2, 0.25) is 0 Å². The zero-order valence-electron chi connectivity index (χ0n) is 13.0. The summed E-state index contributed by atoms with van der Waals surface area (Å²) in [5.41, 5.74) is 3.48. The van der Waals surface area contributed by atoms with Crippen molar-refractivity contribution < 1.29 is 4.79 Å². The molecule has 0 spiro atoms. The maximum Gasteiger partial charge on any atom is 0.324 e. The zero-order valence-corrected chi connectivity index (χ0v) is 14.5. The Hall–Kier alpha value is -2.73. The van der Waals surface area contributed by atoms with Crippen LogP contribution >= 0.6 is 15.9 Å². The number of rotatable bonds is 3. The Kier molecular flexibility index (Phi) is 4.86. The fourth-order valence-electron chi connectivity index (χ4n) is 2.19. The number of pyridine rings is 2. The standard InChI is InChI=1S/C18H15BrN4O/c1-12-11-14(5-6-15(12)19)21-18(24)23-17-4-2-3-16(22-17)13-7-9-20-10-8-13/h2-11H,1H3,(H2,21,22,23,24). The molecule has 3 rings (SSSR count). The summed E-state index contributed by atoms with van der Waals surface area (Å²) in [6.07, 6.45) is 3.42. The molecule has 3 aromatic rings. The number of carbonyl (C=O) groups excluding carboxylic acids is 1. The van der Waals surface area contributed by atoms with E-state index in [0.29, 0.717) is 5.82 Å². The molecule has 1 aromatic carbocycles. The van der Waals surface area contributed by atoms with E-state index < -0.39 is 0 Å². The molecule has 0 aliphatic heterocycles. The number of benzene rings is 1. The molecule has 2 aromatic heterocycles. The van der Waals surface area contributed by atoms with Crippen molar-refractivity contribution in [2.75, 3.05) is 10.6 Å². The first kappa shape index (κ1) is 16.1. The van der Waals surface area contributed by atoms with E-state index in [2.05, 4.69) is 36.5 Å². The van der Waals surface area contributed by atoms with Crippen molar-refractivity contribution in [3.05, 3.63) is 71.0 Å². The quantitative estimate of drug-likeness (QED) is 0.679. The Balaban J connectivity index is 1.71. The molecule has 120 valence electrons. The highest BCUT2D eigenvalue weighted by Gasteiger charge is 2.06. The van der Waals surface area contributed by atoms with Crippen molar-refractivity contribution in [1.29, 1.82) is 0 Å². The molecule has 2 N–H and O–H groups in total.